The van der Waals surface area contributed by atoms with Crippen LogP contribution in [0, 0.1) is 5.82 Å². The quantitative estimate of drug-likeness (QED) is 0.773. The predicted molar refractivity (Wildman–Crippen MR) is 43.1 cm³/mol. The summed E-state index contributed by atoms with van der Waals surface area (Å²) in [7, 11) is 0. The lowest BCUT2D eigenvalue weighted by molar-refractivity contribution is 0.123. The summed E-state index contributed by atoms with van der Waals surface area (Å²) < 4.78 is 13.2. The molecule has 0 heterocycles. The van der Waals surface area contributed by atoms with Gasteiger partial charge in [0.1, 0.15) is 5.82 Å². The van der Waals surface area contributed by atoms with Gasteiger partial charge in [-0.15, -0.1) is 0 Å². The molecule has 0 aliphatic heterocycles. The average molecular weight is 220 g/mol. The molecule has 4 heteroatoms. The van der Waals surface area contributed by atoms with E-state index in [2.05, 4.69) is 20.8 Å². The van der Waals surface area contributed by atoms with Crippen LogP contribution in [0.15, 0.2) is 22.7 Å². The summed E-state index contributed by atoms with van der Waals surface area (Å²) >= 11 is 3.07. The van der Waals surface area contributed by atoms with Crippen LogP contribution in [0.3, 0.4) is 0 Å². The van der Waals surface area contributed by atoms with Gasteiger partial charge in [-0.1, -0.05) is 12.1 Å². The average Bonchev–Trinajstić information content (AvgIpc) is 1.99. The van der Waals surface area contributed by atoms with Gasteiger partial charge in [0.25, 0.3) is 0 Å². The van der Waals surface area contributed by atoms with E-state index in [4.69, 9.17) is 5.90 Å². The minimum absolute atomic E-state index is 0.207. The zero-order valence-corrected chi connectivity index (χ0v) is 7.27. The van der Waals surface area contributed by atoms with E-state index in [-0.39, 0.29) is 12.4 Å². The Morgan fingerprint density at radius 3 is 2.91 bits per heavy atom. The lowest BCUT2D eigenvalue weighted by Gasteiger charge is -2.01. The minimum atomic E-state index is -0.306. The number of nitrogens with two attached hydrogens (primary N) is 1. The van der Waals surface area contributed by atoms with Gasteiger partial charge in [-0.25, -0.2) is 10.3 Å². The van der Waals surface area contributed by atoms with Crippen LogP contribution in [-0.4, -0.2) is 0 Å². The molecule has 0 saturated carbocycles. The first-order valence-corrected chi connectivity index (χ1v) is 3.79. The van der Waals surface area contributed by atoms with Gasteiger partial charge < -0.3 is 0 Å². The largest absolute Gasteiger partial charge is 0.300 e. The molecule has 0 spiro atoms. The zero-order valence-electron chi connectivity index (χ0n) is 5.68. The highest BCUT2D eigenvalue weighted by Gasteiger charge is 2.03. The number of hydrogen-bond donors (Lipinski definition) is 1. The molecule has 0 radical (unpaired) electrons. The fourth-order valence-corrected chi connectivity index (χ4v) is 1.13. The summed E-state index contributed by atoms with van der Waals surface area (Å²) in [6.45, 7) is 0.207. The summed E-state index contributed by atoms with van der Waals surface area (Å²) in [5.74, 6) is 4.53. The third kappa shape index (κ3) is 1.99. The number of benzene rings is 1. The highest BCUT2D eigenvalue weighted by Crippen LogP contribution is 2.20. The molecule has 2 nitrogen and oxygen atoms in total. The Kier molecular flexibility index (Phi) is 2.99. The summed E-state index contributed by atoms with van der Waals surface area (Å²) in [5, 5.41) is 0. The number of rotatable bonds is 2. The molecule has 0 bridgehead atoms. The molecule has 0 unspecified atom stereocenters. The van der Waals surface area contributed by atoms with E-state index in [9.17, 15) is 4.39 Å². The molecular weight excluding hydrogens is 213 g/mol. The van der Waals surface area contributed by atoms with Gasteiger partial charge in [0.2, 0.25) is 0 Å². The SMILES string of the molecule is NOCc1cccc(F)c1Br. The van der Waals surface area contributed by atoms with Crippen molar-refractivity contribution in [3.63, 3.8) is 0 Å². The maximum Gasteiger partial charge on any atom is 0.137 e. The summed E-state index contributed by atoms with van der Waals surface area (Å²) in [6.07, 6.45) is 0. The molecule has 0 aliphatic carbocycles. The van der Waals surface area contributed by atoms with E-state index in [0.717, 1.165) is 0 Å². The summed E-state index contributed by atoms with van der Waals surface area (Å²) in [6, 6.07) is 4.71. The third-order valence-electron chi connectivity index (χ3n) is 1.27. The summed E-state index contributed by atoms with van der Waals surface area (Å²) in [5.41, 5.74) is 0.701. The second-order valence-electron chi connectivity index (χ2n) is 2.02. The van der Waals surface area contributed by atoms with Gasteiger partial charge in [-0.2, -0.15) is 0 Å². The molecule has 0 aliphatic rings. The Morgan fingerprint density at radius 1 is 1.55 bits per heavy atom. The summed E-state index contributed by atoms with van der Waals surface area (Å²) in [4.78, 5) is 4.37. The molecule has 0 fully saturated rings. The molecule has 1 aromatic carbocycles. The van der Waals surface area contributed by atoms with Crippen molar-refractivity contribution in [1.29, 1.82) is 0 Å². The van der Waals surface area contributed by atoms with Crippen LogP contribution in [0.4, 0.5) is 4.39 Å². The van der Waals surface area contributed by atoms with E-state index in [1.165, 1.54) is 6.07 Å². The van der Waals surface area contributed by atoms with Crippen LogP contribution in [0.25, 0.3) is 0 Å². The monoisotopic (exact) mass is 219 g/mol. The fourth-order valence-electron chi connectivity index (χ4n) is 0.750. The first-order valence-electron chi connectivity index (χ1n) is 3.00. The maximum absolute atomic E-state index is 12.8. The number of halogens is 2. The topological polar surface area (TPSA) is 35.2 Å². The smallest absolute Gasteiger partial charge is 0.137 e. The van der Waals surface area contributed by atoms with E-state index in [1.54, 1.807) is 12.1 Å². The van der Waals surface area contributed by atoms with Gasteiger partial charge in [0, 0.05) is 0 Å². The minimum Gasteiger partial charge on any atom is -0.300 e. The van der Waals surface area contributed by atoms with Crippen molar-refractivity contribution in [2.75, 3.05) is 0 Å². The van der Waals surface area contributed by atoms with Crippen LogP contribution in [0.2, 0.25) is 0 Å². The molecule has 0 aromatic heterocycles. The van der Waals surface area contributed by atoms with E-state index < -0.39 is 0 Å². The number of hydrogen-bond acceptors (Lipinski definition) is 2. The molecule has 11 heavy (non-hydrogen) atoms. The van der Waals surface area contributed by atoms with Gasteiger partial charge >= 0.3 is 0 Å². The molecule has 0 saturated heterocycles. The van der Waals surface area contributed by atoms with Gasteiger partial charge in [-0.3, -0.25) is 4.84 Å². The van der Waals surface area contributed by atoms with Crippen molar-refractivity contribution in [3.05, 3.63) is 34.1 Å². The van der Waals surface area contributed by atoms with Crippen molar-refractivity contribution in [2.45, 2.75) is 6.61 Å². The molecule has 0 amide bonds. The molecular formula is C7H7BrFNO. The van der Waals surface area contributed by atoms with Crippen molar-refractivity contribution < 1.29 is 9.23 Å². The van der Waals surface area contributed by atoms with E-state index in [1.807, 2.05) is 0 Å². The molecule has 2 N–H and O–H groups in total. The Labute approximate surface area is 72.2 Å². The molecule has 0 atom stereocenters. The second-order valence-corrected chi connectivity index (χ2v) is 2.82. The third-order valence-corrected chi connectivity index (χ3v) is 2.16. The highest BCUT2D eigenvalue weighted by molar-refractivity contribution is 9.10. The maximum atomic E-state index is 12.8. The first-order chi connectivity index (χ1) is 5.25. The van der Waals surface area contributed by atoms with Crippen molar-refractivity contribution in [3.8, 4) is 0 Å². The predicted octanol–water partition coefficient (Wildman–Crippen LogP) is 1.98. The molecule has 1 aromatic rings. The van der Waals surface area contributed by atoms with Crippen LogP contribution in [0.1, 0.15) is 5.56 Å². The highest BCUT2D eigenvalue weighted by atomic mass is 79.9. The zero-order chi connectivity index (χ0) is 8.27. The normalized spacial score (nSPS) is 10.1. The van der Waals surface area contributed by atoms with Crippen LogP contribution >= 0.6 is 15.9 Å². The van der Waals surface area contributed by atoms with E-state index in [0.29, 0.717) is 10.0 Å². The Morgan fingerprint density at radius 2 is 2.27 bits per heavy atom. The van der Waals surface area contributed by atoms with Crippen molar-refractivity contribution >= 4 is 15.9 Å². The second kappa shape index (κ2) is 3.80. The van der Waals surface area contributed by atoms with Gasteiger partial charge in [-0.05, 0) is 27.6 Å². The Hall–Kier alpha value is -0.450. The molecule has 1 rings (SSSR count). The van der Waals surface area contributed by atoms with Crippen LogP contribution in [0.5, 0.6) is 0 Å². The van der Waals surface area contributed by atoms with Gasteiger partial charge in [0.15, 0.2) is 0 Å². The Bertz CT molecular complexity index is 254. The molecule has 60 valence electrons. The lowest BCUT2D eigenvalue weighted by atomic mass is 10.2. The first kappa shape index (κ1) is 8.64. The standard InChI is InChI=1S/C7H7BrFNO/c8-7-5(4-11-10)2-1-3-6(7)9/h1-3H,4,10H2. The van der Waals surface area contributed by atoms with Crippen LogP contribution in [-0.2, 0) is 11.4 Å². The fraction of sp³-hybridized carbons (Fsp3) is 0.143. The van der Waals surface area contributed by atoms with Crippen molar-refractivity contribution in [2.24, 2.45) is 5.90 Å². The van der Waals surface area contributed by atoms with Gasteiger partial charge in [0.05, 0.1) is 11.1 Å². The van der Waals surface area contributed by atoms with E-state index >= 15 is 0 Å². The van der Waals surface area contributed by atoms with Crippen molar-refractivity contribution in [1.82, 2.24) is 0 Å². The Balaban J connectivity index is 2.96. The lowest BCUT2D eigenvalue weighted by Crippen LogP contribution is -2.00. The van der Waals surface area contributed by atoms with Crippen LogP contribution < -0.4 is 5.90 Å².